The quantitative estimate of drug-likeness (QED) is 0.864. The van der Waals surface area contributed by atoms with Crippen LogP contribution in [0.1, 0.15) is 28.5 Å². The molecule has 4 heteroatoms. The van der Waals surface area contributed by atoms with Gasteiger partial charge in [-0.15, -0.1) is 11.3 Å². The molecule has 0 fully saturated rings. The standard InChI is InChI=1S/C18H21NO2S/c1-12-4-5-13(2)16(10-12)21-14(3)18(20)19-8-6-17-15(11-19)7-9-22-17/h4-5,7,9-10,14H,6,8,11H2,1-3H3/t14-/m0/s1. The van der Waals surface area contributed by atoms with Gasteiger partial charge < -0.3 is 9.64 Å². The zero-order valence-electron chi connectivity index (χ0n) is 13.3. The fourth-order valence-corrected chi connectivity index (χ4v) is 3.66. The summed E-state index contributed by atoms with van der Waals surface area (Å²) in [7, 11) is 0. The predicted molar refractivity (Wildman–Crippen MR) is 89.4 cm³/mol. The molecule has 0 bridgehead atoms. The van der Waals surface area contributed by atoms with Crippen molar-refractivity contribution in [2.75, 3.05) is 6.54 Å². The van der Waals surface area contributed by atoms with Crippen LogP contribution in [-0.4, -0.2) is 23.5 Å². The van der Waals surface area contributed by atoms with Gasteiger partial charge in [-0.3, -0.25) is 4.79 Å². The summed E-state index contributed by atoms with van der Waals surface area (Å²) in [5, 5.41) is 2.11. The van der Waals surface area contributed by atoms with E-state index in [2.05, 4.69) is 17.5 Å². The van der Waals surface area contributed by atoms with Crippen molar-refractivity contribution in [2.45, 2.75) is 39.8 Å². The van der Waals surface area contributed by atoms with E-state index in [4.69, 9.17) is 4.74 Å². The van der Waals surface area contributed by atoms with Crippen molar-refractivity contribution >= 4 is 17.2 Å². The number of nitrogens with zero attached hydrogens (tertiary/aromatic N) is 1. The van der Waals surface area contributed by atoms with Gasteiger partial charge in [-0.25, -0.2) is 0 Å². The van der Waals surface area contributed by atoms with Gasteiger partial charge in [0.05, 0.1) is 0 Å². The number of ether oxygens (including phenoxy) is 1. The lowest BCUT2D eigenvalue weighted by molar-refractivity contribution is -0.138. The van der Waals surface area contributed by atoms with E-state index >= 15 is 0 Å². The SMILES string of the molecule is Cc1ccc(C)c(O[C@@H](C)C(=O)N2CCc3sccc3C2)c1. The van der Waals surface area contributed by atoms with Gasteiger partial charge in [0.25, 0.3) is 5.91 Å². The lowest BCUT2D eigenvalue weighted by Gasteiger charge is -2.29. The average molecular weight is 315 g/mol. The number of carbonyl (C=O) groups excluding carboxylic acids is 1. The topological polar surface area (TPSA) is 29.5 Å². The second kappa shape index (κ2) is 6.13. The molecule has 0 spiro atoms. The van der Waals surface area contributed by atoms with E-state index in [1.165, 1.54) is 10.4 Å². The predicted octanol–water partition coefficient (Wildman–Crippen LogP) is 3.72. The summed E-state index contributed by atoms with van der Waals surface area (Å²) in [5.74, 6) is 0.867. The molecule has 116 valence electrons. The van der Waals surface area contributed by atoms with E-state index in [-0.39, 0.29) is 5.91 Å². The van der Waals surface area contributed by atoms with E-state index in [1.54, 1.807) is 11.3 Å². The van der Waals surface area contributed by atoms with Gasteiger partial charge in [0.15, 0.2) is 6.10 Å². The van der Waals surface area contributed by atoms with Crippen LogP contribution in [0.25, 0.3) is 0 Å². The summed E-state index contributed by atoms with van der Waals surface area (Å²) in [6.45, 7) is 7.37. The molecule has 0 unspecified atom stereocenters. The van der Waals surface area contributed by atoms with Gasteiger partial charge in [0.2, 0.25) is 0 Å². The van der Waals surface area contributed by atoms with E-state index in [0.717, 1.165) is 29.8 Å². The first-order valence-corrected chi connectivity index (χ1v) is 8.50. The van der Waals surface area contributed by atoms with Gasteiger partial charge in [0, 0.05) is 18.0 Å². The van der Waals surface area contributed by atoms with Crippen molar-refractivity contribution in [1.29, 1.82) is 0 Å². The van der Waals surface area contributed by atoms with Crippen LogP contribution in [0, 0.1) is 13.8 Å². The lowest BCUT2D eigenvalue weighted by Crippen LogP contribution is -2.42. The second-order valence-corrected chi connectivity index (χ2v) is 6.91. The number of hydrogen-bond acceptors (Lipinski definition) is 3. The zero-order chi connectivity index (χ0) is 15.7. The Bertz CT molecular complexity index is 692. The Morgan fingerprint density at radius 1 is 1.32 bits per heavy atom. The molecule has 0 radical (unpaired) electrons. The largest absolute Gasteiger partial charge is 0.481 e. The minimum absolute atomic E-state index is 0.0674. The molecule has 0 N–H and O–H groups in total. The van der Waals surface area contributed by atoms with Crippen molar-refractivity contribution in [2.24, 2.45) is 0 Å². The third kappa shape index (κ3) is 3.02. The van der Waals surface area contributed by atoms with Crippen LogP contribution in [0.3, 0.4) is 0 Å². The summed E-state index contributed by atoms with van der Waals surface area (Å²) in [5.41, 5.74) is 3.48. The van der Waals surface area contributed by atoms with Crippen LogP contribution in [0.5, 0.6) is 5.75 Å². The number of rotatable bonds is 3. The fourth-order valence-electron chi connectivity index (χ4n) is 2.77. The van der Waals surface area contributed by atoms with E-state index in [9.17, 15) is 4.79 Å². The number of fused-ring (bicyclic) bond motifs is 1. The highest BCUT2D eigenvalue weighted by atomic mass is 32.1. The average Bonchev–Trinajstić information content (AvgIpc) is 2.97. The number of hydrogen-bond donors (Lipinski definition) is 0. The Kier molecular flexibility index (Phi) is 4.21. The molecule has 0 saturated heterocycles. The number of benzene rings is 1. The number of thiophene rings is 1. The highest BCUT2D eigenvalue weighted by Crippen LogP contribution is 2.25. The summed E-state index contributed by atoms with van der Waals surface area (Å²) >= 11 is 1.78. The molecule has 1 aromatic heterocycles. The smallest absolute Gasteiger partial charge is 0.263 e. The molecule has 0 saturated carbocycles. The molecule has 0 aliphatic carbocycles. The maximum atomic E-state index is 12.6. The highest BCUT2D eigenvalue weighted by molar-refractivity contribution is 7.10. The molecule has 22 heavy (non-hydrogen) atoms. The highest BCUT2D eigenvalue weighted by Gasteiger charge is 2.26. The van der Waals surface area contributed by atoms with Gasteiger partial charge in [-0.2, -0.15) is 0 Å². The van der Waals surface area contributed by atoms with Gasteiger partial charge >= 0.3 is 0 Å². The minimum Gasteiger partial charge on any atom is -0.481 e. The Labute approximate surface area is 135 Å². The van der Waals surface area contributed by atoms with E-state index in [1.807, 2.05) is 37.8 Å². The first kappa shape index (κ1) is 15.1. The molecular weight excluding hydrogens is 294 g/mol. The number of amides is 1. The summed E-state index contributed by atoms with van der Waals surface area (Å²) < 4.78 is 5.92. The van der Waals surface area contributed by atoms with Crippen molar-refractivity contribution in [3.63, 3.8) is 0 Å². The van der Waals surface area contributed by atoms with Gasteiger partial charge in [-0.05, 0) is 61.4 Å². The van der Waals surface area contributed by atoms with Crippen molar-refractivity contribution in [1.82, 2.24) is 4.90 Å². The van der Waals surface area contributed by atoms with Crippen LogP contribution >= 0.6 is 11.3 Å². The molecule has 3 nitrogen and oxygen atoms in total. The summed E-state index contributed by atoms with van der Waals surface area (Å²) in [6.07, 6.45) is 0.496. The first-order chi connectivity index (χ1) is 10.5. The number of aryl methyl sites for hydroxylation is 2. The summed E-state index contributed by atoms with van der Waals surface area (Å²) in [6, 6.07) is 8.19. The third-order valence-electron chi connectivity index (χ3n) is 4.11. The summed E-state index contributed by atoms with van der Waals surface area (Å²) in [4.78, 5) is 16.0. The van der Waals surface area contributed by atoms with Crippen LogP contribution in [0.2, 0.25) is 0 Å². The molecule has 2 heterocycles. The number of carbonyl (C=O) groups is 1. The Balaban J connectivity index is 1.69. The maximum Gasteiger partial charge on any atom is 0.263 e. The van der Waals surface area contributed by atoms with E-state index < -0.39 is 6.10 Å². The Morgan fingerprint density at radius 2 is 2.14 bits per heavy atom. The second-order valence-electron chi connectivity index (χ2n) is 5.91. The molecule has 1 aromatic carbocycles. The molecule has 1 atom stereocenters. The molecule has 2 aromatic rings. The minimum atomic E-state index is -0.458. The Hall–Kier alpha value is -1.81. The van der Waals surface area contributed by atoms with Crippen molar-refractivity contribution < 1.29 is 9.53 Å². The van der Waals surface area contributed by atoms with Crippen LogP contribution < -0.4 is 4.74 Å². The monoisotopic (exact) mass is 315 g/mol. The molecular formula is C18H21NO2S. The molecule has 1 aliphatic heterocycles. The van der Waals surface area contributed by atoms with Crippen LogP contribution in [0.15, 0.2) is 29.6 Å². The van der Waals surface area contributed by atoms with Gasteiger partial charge in [0.1, 0.15) is 5.75 Å². The van der Waals surface area contributed by atoms with Crippen LogP contribution in [-0.2, 0) is 17.8 Å². The Morgan fingerprint density at radius 3 is 2.95 bits per heavy atom. The first-order valence-electron chi connectivity index (χ1n) is 7.62. The van der Waals surface area contributed by atoms with E-state index in [0.29, 0.717) is 6.54 Å². The third-order valence-corrected chi connectivity index (χ3v) is 5.14. The van der Waals surface area contributed by atoms with Gasteiger partial charge in [-0.1, -0.05) is 12.1 Å². The maximum absolute atomic E-state index is 12.6. The lowest BCUT2D eigenvalue weighted by atomic mass is 10.1. The molecule has 3 rings (SSSR count). The van der Waals surface area contributed by atoms with Crippen molar-refractivity contribution in [3.05, 3.63) is 51.2 Å². The molecule has 1 amide bonds. The molecule has 1 aliphatic rings. The van der Waals surface area contributed by atoms with Crippen molar-refractivity contribution in [3.8, 4) is 5.75 Å². The fraction of sp³-hybridized carbons (Fsp3) is 0.389. The van der Waals surface area contributed by atoms with Crippen LogP contribution in [0.4, 0.5) is 0 Å². The normalized spacial score (nSPS) is 15.3. The zero-order valence-corrected chi connectivity index (χ0v) is 14.1.